The Bertz CT molecular complexity index is 264. The molecule has 0 saturated heterocycles. The number of rotatable bonds is 6. The van der Waals surface area contributed by atoms with E-state index in [1.165, 1.54) is 18.4 Å². The maximum Gasteiger partial charge on any atom is 0.0511 e. The van der Waals surface area contributed by atoms with E-state index in [2.05, 4.69) is 31.2 Å². The van der Waals surface area contributed by atoms with E-state index < -0.39 is 0 Å². The largest absolute Gasteiger partial charge is 0.396 e. The molecule has 0 radical (unpaired) electrons. The van der Waals surface area contributed by atoms with Crippen LogP contribution in [-0.4, -0.2) is 18.3 Å². The summed E-state index contributed by atoms with van der Waals surface area (Å²) in [5.74, 6) is 0.0882. The minimum atomic E-state index is 0.0882. The van der Waals surface area contributed by atoms with Gasteiger partial charge in [-0.25, -0.2) is 0 Å². The Hall–Kier alpha value is -0.860. The Kier molecular flexibility index (Phi) is 5.37. The summed E-state index contributed by atoms with van der Waals surface area (Å²) in [6.07, 6.45) is 3.60. The SMILES string of the molecule is CCCCc1ccc(C(CN)CO)cc1. The molecule has 0 saturated carbocycles. The molecule has 1 aromatic carbocycles. The summed E-state index contributed by atoms with van der Waals surface area (Å²) in [5.41, 5.74) is 8.08. The molecule has 1 rings (SSSR count). The van der Waals surface area contributed by atoms with Gasteiger partial charge in [-0.05, 0) is 24.0 Å². The predicted molar refractivity (Wildman–Crippen MR) is 63.9 cm³/mol. The number of aliphatic hydroxyl groups is 1. The molecule has 0 aliphatic rings. The summed E-state index contributed by atoms with van der Waals surface area (Å²) in [6, 6.07) is 8.45. The van der Waals surface area contributed by atoms with Crippen molar-refractivity contribution >= 4 is 0 Å². The third-order valence-electron chi connectivity index (χ3n) is 2.78. The van der Waals surface area contributed by atoms with Crippen molar-refractivity contribution in [3.63, 3.8) is 0 Å². The van der Waals surface area contributed by atoms with Crippen LogP contribution in [0.4, 0.5) is 0 Å². The summed E-state index contributed by atoms with van der Waals surface area (Å²) in [5, 5.41) is 9.11. The van der Waals surface area contributed by atoms with E-state index >= 15 is 0 Å². The van der Waals surface area contributed by atoms with Gasteiger partial charge in [0.05, 0.1) is 6.61 Å². The van der Waals surface area contributed by atoms with Crippen molar-refractivity contribution in [1.82, 2.24) is 0 Å². The second kappa shape index (κ2) is 6.59. The molecule has 1 aromatic rings. The van der Waals surface area contributed by atoms with Crippen LogP contribution >= 0.6 is 0 Å². The zero-order valence-electron chi connectivity index (χ0n) is 9.45. The lowest BCUT2D eigenvalue weighted by molar-refractivity contribution is 0.268. The second-order valence-electron chi connectivity index (χ2n) is 3.96. The zero-order chi connectivity index (χ0) is 11.1. The van der Waals surface area contributed by atoms with Gasteiger partial charge in [0.2, 0.25) is 0 Å². The van der Waals surface area contributed by atoms with Crippen LogP contribution < -0.4 is 5.73 Å². The molecule has 0 amide bonds. The highest BCUT2D eigenvalue weighted by Gasteiger charge is 2.07. The lowest BCUT2D eigenvalue weighted by Gasteiger charge is -2.12. The number of unbranched alkanes of at least 4 members (excludes halogenated alkanes) is 1. The molecule has 0 aromatic heterocycles. The van der Waals surface area contributed by atoms with Crippen molar-refractivity contribution in [2.75, 3.05) is 13.2 Å². The summed E-state index contributed by atoms with van der Waals surface area (Å²) in [7, 11) is 0. The van der Waals surface area contributed by atoms with Crippen LogP contribution in [0, 0.1) is 0 Å². The van der Waals surface area contributed by atoms with Crippen LogP contribution in [0.1, 0.15) is 36.8 Å². The first kappa shape index (κ1) is 12.2. The van der Waals surface area contributed by atoms with Crippen LogP contribution in [0.15, 0.2) is 24.3 Å². The van der Waals surface area contributed by atoms with Crippen molar-refractivity contribution in [2.45, 2.75) is 32.1 Å². The lowest BCUT2D eigenvalue weighted by Crippen LogP contribution is -2.15. The van der Waals surface area contributed by atoms with E-state index in [-0.39, 0.29) is 12.5 Å². The van der Waals surface area contributed by atoms with Crippen LogP contribution in [0.3, 0.4) is 0 Å². The normalized spacial score (nSPS) is 12.7. The molecule has 2 heteroatoms. The molecule has 1 atom stereocenters. The third kappa shape index (κ3) is 3.65. The van der Waals surface area contributed by atoms with Crippen molar-refractivity contribution in [3.05, 3.63) is 35.4 Å². The molecule has 15 heavy (non-hydrogen) atoms. The molecular formula is C13H21NO. The van der Waals surface area contributed by atoms with Crippen LogP contribution in [0.2, 0.25) is 0 Å². The van der Waals surface area contributed by atoms with Crippen molar-refractivity contribution < 1.29 is 5.11 Å². The number of hydrogen-bond acceptors (Lipinski definition) is 2. The minimum absolute atomic E-state index is 0.0882. The van der Waals surface area contributed by atoms with Gasteiger partial charge in [-0.3, -0.25) is 0 Å². The van der Waals surface area contributed by atoms with E-state index in [4.69, 9.17) is 10.8 Å². The molecule has 0 spiro atoms. The van der Waals surface area contributed by atoms with Gasteiger partial charge in [0.25, 0.3) is 0 Å². The summed E-state index contributed by atoms with van der Waals surface area (Å²) < 4.78 is 0. The van der Waals surface area contributed by atoms with Gasteiger partial charge in [-0.1, -0.05) is 37.6 Å². The highest BCUT2D eigenvalue weighted by Crippen LogP contribution is 2.15. The molecule has 2 nitrogen and oxygen atoms in total. The second-order valence-corrected chi connectivity index (χ2v) is 3.96. The summed E-state index contributed by atoms with van der Waals surface area (Å²) in [4.78, 5) is 0. The number of aryl methyl sites for hydroxylation is 1. The molecule has 0 bridgehead atoms. The van der Waals surface area contributed by atoms with E-state index in [0.717, 1.165) is 12.0 Å². The first-order valence-corrected chi connectivity index (χ1v) is 5.71. The molecule has 1 unspecified atom stereocenters. The average Bonchev–Trinajstić information content (AvgIpc) is 2.29. The van der Waals surface area contributed by atoms with E-state index in [0.29, 0.717) is 6.54 Å². The van der Waals surface area contributed by atoms with Gasteiger partial charge in [-0.15, -0.1) is 0 Å². The Morgan fingerprint density at radius 3 is 2.40 bits per heavy atom. The molecular weight excluding hydrogens is 186 g/mol. The molecule has 0 aliphatic carbocycles. The maximum absolute atomic E-state index is 9.11. The number of nitrogens with two attached hydrogens (primary N) is 1. The van der Waals surface area contributed by atoms with E-state index in [9.17, 15) is 0 Å². The quantitative estimate of drug-likeness (QED) is 0.750. The highest BCUT2D eigenvalue weighted by molar-refractivity contribution is 5.25. The fourth-order valence-electron chi connectivity index (χ4n) is 1.65. The topological polar surface area (TPSA) is 46.2 Å². The van der Waals surface area contributed by atoms with Crippen molar-refractivity contribution in [3.8, 4) is 0 Å². The number of benzene rings is 1. The third-order valence-corrected chi connectivity index (χ3v) is 2.78. The van der Waals surface area contributed by atoms with Crippen LogP contribution in [0.5, 0.6) is 0 Å². The zero-order valence-corrected chi connectivity index (χ0v) is 9.45. The van der Waals surface area contributed by atoms with Crippen molar-refractivity contribution in [2.24, 2.45) is 5.73 Å². The van der Waals surface area contributed by atoms with E-state index in [1.807, 2.05) is 0 Å². The van der Waals surface area contributed by atoms with Gasteiger partial charge in [-0.2, -0.15) is 0 Å². The summed E-state index contributed by atoms with van der Waals surface area (Å²) >= 11 is 0. The Balaban J connectivity index is 2.62. The average molecular weight is 207 g/mol. The molecule has 0 fully saturated rings. The monoisotopic (exact) mass is 207 g/mol. The number of hydrogen-bond donors (Lipinski definition) is 2. The van der Waals surface area contributed by atoms with Gasteiger partial charge in [0.1, 0.15) is 0 Å². The standard InChI is InChI=1S/C13H21NO/c1-2-3-4-11-5-7-12(8-6-11)13(9-14)10-15/h5-8,13,15H,2-4,9-10,14H2,1H3. The Labute approximate surface area is 92.1 Å². The van der Waals surface area contributed by atoms with Gasteiger partial charge in [0, 0.05) is 12.5 Å². The lowest BCUT2D eigenvalue weighted by atomic mass is 9.98. The Morgan fingerprint density at radius 2 is 1.93 bits per heavy atom. The summed E-state index contributed by atoms with van der Waals surface area (Å²) in [6.45, 7) is 2.83. The van der Waals surface area contributed by atoms with Gasteiger partial charge >= 0.3 is 0 Å². The molecule has 0 aliphatic heterocycles. The van der Waals surface area contributed by atoms with Crippen molar-refractivity contribution in [1.29, 1.82) is 0 Å². The smallest absolute Gasteiger partial charge is 0.0511 e. The molecule has 84 valence electrons. The number of aliphatic hydroxyl groups excluding tert-OH is 1. The molecule has 3 N–H and O–H groups in total. The van der Waals surface area contributed by atoms with E-state index in [1.54, 1.807) is 0 Å². The van der Waals surface area contributed by atoms with Gasteiger partial charge < -0.3 is 10.8 Å². The van der Waals surface area contributed by atoms with Crippen LogP contribution in [-0.2, 0) is 6.42 Å². The first-order chi connectivity index (χ1) is 7.31. The van der Waals surface area contributed by atoms with Gasteiger partial charge in [0.15, 0.2) is 0 Å². The predicted octanol–water partition coefficient (Wildman–Crippen LogP) is 2.06. The Morgan fingerprint density at radius 1 is 1.27 bits per heavy atom. The van der Waals surface area contributed by atoms with Crippen LogP contribution in [0.25, 0.3) is 0 Å². The fraction of sp³-hybridized carbons (Fsp3) is 0.538. The maximum atomic E-state index is 9.11. The highest BCUT2D eigenvalue weighted by atomic mass is 16.3. The molecule has 0 heterocycles. The minimum Gasteiger partial charge on any atom is -0.396 e. The fourth-order valence-corrected chi connectivity index (χ4v) is 1.65. The first-order valence-electron chi connectivity index (χ1n) is 5.71.